The van der Waals surface area contributed by atoms with E-state index in [2.05, 4.69) is 9.97 Å². The maximum Gasteiger partial charge on any atom is 0.269 e. The van der Waals surface area contributed by atoms with E-state index in [4.69, 9.17) is 4.74 Å². The van der Waals surface area contributed by atoms with Crippen LogP contribution in [0.5, 0.6) is 0 Å². The number of nitro groups is 1. The maximum atomic E-state index is 12.0. The quantitative estimate of drug-likeness (QED) is 0.274. The number of H-pyrrole nitrogens is 1. The van der Waals surface area contributed by atoms with Crippen molar-refractivity contribution in [1.82, 2.24) is 9.97 Å². The summed E-state index contributed by atoms with van der Waals surface area (Å²) in [6.45, 7) is 2.52. The number of non-ortho nitro benzene ring substituents is 1. The molecule has 7 nitrogen and oxygen atoms in total. The zero-order valence-corrected chi connectivity index (χ0v) is 13.7. The first-order chi connectivity index (χ1) is 11.0. The first-order valence-corrected chi connectivity index (χ1v) is 8.18. The number of hydrogen-bond acceptors (Lipinski definition) is 6. The third-order valence-corrected chi connectivity index (χ3v) is 3.89. The molecule has 1 aromatic heterocycles. The fourth-order valence-corrected chi connectivity index (χ4v) is 2.48. The predicted molar refractivity (Wildman–Crippen MR) is 87.8 cm³/mol. The van der Waals surface area contributed by atoms with E-state index in [0.717, 1.165) is 5.56 Å². The number of nitro benzene ring substituents is 1. The third kappa shape index (κ3) is 4.64. The Morgan fingerprint density at radius 3 is 2.61 bits per heavy atom. The standard InChI is InChI=1S/C15H17N3O4S/c1-10-13(14(19)17-15(16-10)23-2)7-8-22-9-11-3-5-12(6-4-11)18(20)21/h3-6H,7-9H2,1-2H3,(H,16,17,19). The molecule has 1 heterocycles. The molecule has 0 fully saturated rings. The van der Waals surface area contributed by atoms with Crippen LogP contribution in [0.25, 0.3) is 0 Å². The van der Waals surface area contributed by atoms with Crippen LogP contribution in [0.15, 0.2) is 34.2 Å². The van der Waals surface area contributed by atoms with Gasteiger partial charge in [-0.2, -0.15) is 0 Å². The Morgan fingerprint density at radius 2 is 2.04 bits per heavy atom. The maximum absolute atomic E-state index is 12.0. The highest BCUT2D eigenvalue weighted by atomic mass is 32.2. The SMILES string of the molecule is CSc1nc(C)c(CCOCc2ccc([N+](=O)[O-])cc2)c(=O)[nH]1. The molecule has 1 N–H and O–H groups in total. The molecule has 0 amide bonds. The molecule has 0 bridgehead atoms. The number of hydrogen-bond donors (Lipinski definition) is 1. The smallest absolute Gasteiger partial charge is 0.269 e. The van der Waals surface area contributed by atoms with Crippen molar-refractivity contribution in [3.05, 3.63) is 61.6 Å². The van der Waals surface area contributed by atoms with Gasteiger partial charge >= 0.3 is 0 Å². The van der Waals surface area contributed by atoms with Crippen molar-refractivity contribution < 1.29 is 9.66 Å². The fourth-order valence-electron chi connectivity index (χ4n) is 2.05. The molecule has 1 aromatic carbocycles. The van der Waals surface area contributed by atoms with Gasteiger partial charge in [0.1, 0.15) is 0 Å². The Labute approximate surface area is 137 Å². The summed E-state index contributed by atoms with van der Waals surface area (Å²) in [5.74, 6) is 0. The van der Waals surface area contributed by atoms with E-state index in [-0.39, 0.29) is 11.2 Å². The van der Waals surface area contributed by atoms with E-state index in [1.807, 2.05) is 6.26 Å². The number of thioether (sulfide) groups is 1. The molecule has 0 aliphatic heterocycles. The minimum atomic E-state index is -0.440. The van der Waals surface area contributed by atoms with Gasteiger partial charge in [-0.1, -0.05) is 11.8 Å². The second kappa shape index (κ2) is 7.89. The van der Waals surface area contributed by atoms with Gasteiger partial charge in [0.2, 0.25) is 0 Å². The van der Waals surface area contributed by atoms with E-state index >= 15 is 0 Å². The normalized spacial score (nSPS) is 10.7. The summed E-state index contributed by atoms with van der Waals surface area (Å²) in [6.07, 6.45) is 2.32. The number of nitrogens with zero attached hydrogens (tertiary/aromatic N) is 2. The fraction of sp³-hybridized carbons (Fsp3) is 0.333. The van der Waals surface area contributed by atoms with Crippen molar-refractivity contribution in [2.24, 2.45) is 0 Å². The van der Waals surface area contributed by atoms with E-state index in [1.165, 1.54) is 23.9 Å². The van der Waals surface area contributed by atoms with E-state index in [9.17, 15) is 14.9 Å². The number of ether oxygens (including phenoxy) is 1. The first kappa shape index (κ1) is 17.2. The van der Waals surface area contributed by atoms with Gasteiger partial charge in [-0.25, -0.2) is 4.98 Å². The molecular formula is C15H17N3O4S. The first-order valence-electron chi connectivity index (χ1n) is 6.96. The second-order valence-corrected chi connectivity index (χ2v) is 5.66. The van der Waals surface area contributed by atoms with Gasteiger partial charge < -0.3 is 9.72 Å². The van der Waals surface area contributed by atoms with Gasteiger partial charge in [0.25, 0.3) is 11.2 Å². The molecule has 0 radical (unpaired) electrons. The lowest BCUT2D eigenvalue weighted by Crippen LogP contribution is -2.18. The molecule has 0 atom stereocenters. The Kier molecular flexibility index (Phi) is 5.89. The summed E-state index contributed by atoms with van der Waals surface area (Å²) < 4.78 is 5.53. The molecule has 0 aliphatic carbocycles. The number of benzene rings is 1. The monoisotopic (exact) mass is 335 g/mol. The van der Waals surface area contributed by atoms with Crippen molar-refractivity contribution in [2.75, 3.05) is 12.9 Å². The minimum Gasteiger partial charge on any atom is -0.376 e. The van der Waals surface area contributed by atoms with Crippen LogP contribution in [0.4, 0.5) is 5.69 Å². The topological polar surface area (TPSA) is 98.1 Å². The van der Waals surface area contributed by atoms with Crippen LogP contribution in [-0.2, 0) is 17.8 Å². The highest BCUT2D eigenvalue weighted by Crippen LogP contribution is 2.13. The average molecular weight is 335 g/mol. The molecule has 2 aromatic rings. The molecule has 0 saturated carbocycles. The van der Waals surface area contributed by atoms with Crippen LogP contribution < -0.4 is 5.56 Å². The van der Waals surface area contributed by atoms with Gasteiger partial charge in [0, 0.05) is 29.8 Å². The van der Waals surface area contributed by atoms with E-state index in [1.54, 1.807) is 19.1 Å². The van der Waals surface area contributed by atoms with Crippen LogP contribution in [0.3, 0.4) is 0 Å². The summed E-state index contributed by atoms with van der Waals surface area (Å²) in [7, 11) is 0. The van der Waals surface area contributed by atoms with Crippen molar-refractivity contribution in [2.45, 2.75) is 25.1 Å². The van der Waals surface area contributed by atoms with E-state index < -0.39 is 4.92 Å². The lowest BCUT2D eigenvalue weighted by Gasteiger charge is -2.07. The molecule has 2 rings (SSSR count). The Bertz CT molecular complexity index is 743. The molecule has 0 spiro atoms. The van der Waals surface area contributed by atoms with Crippen molar-refractivity contribution in [1.29, 1.82) is 0 Å². The summed E-state index contributed by atoms with van der Waals surface area (Å²) >= 11 is 1.39. The number of aromatic nitrogens is 2. The van der Waals surface area contributed by atoms with Gasteiger partial charge in [-0.3, -0.25) is 14.9 Å². The number of nitrogens with one attached hydrogen (secondary N) is 1. The molecule has 8 heteroatoms. The highest BCUT2D eigenvalue weighted by Gasteiger charge is 2.08. The molecule has 0 saturated heterocycles. The van der Waals surface area contributed by atoms with Gasteiger partial charge in [-0.15, -0.1) is 0 Å². The number of aromatic amines is 1. The number of rotatable bonds is 7. The molecule has 23 heavy (non-hydrogen) atoms. The largest absolute Gasteiger partial charge is 0.376 e. The lowest BCUT2D eigenvalue weighted by atomic mass is 10.2. The molecule has 0 unspecified atom stereocenters. The number of aryl methyl sites for hydroxylation is 1. The average Bonchev–Trinajstić information content (AvgIpc) is 2.53. The molecule has 0 aliphatic rings. The van der Waals surface area contributed by atoms with Gasteiger partial charge in [0.15, 0.2) is 5.16 Å². The predicted octanol–water partition coefficient (Wildman–Crippen LogP) is 2.47. The lowest BCUT2D eigenvalue weighted by molar-refractivity contribution is -0.384. The van der Waals surface area contributed by atoms with Crippen molar-refractivity contribution >= 4 is 17.4 Å². The second-order valence-electron chi connectivity index (χ2n) is 4.87. The Balaban J connectivity index is 1.88. The minimum absolute atomic E-state index is 0.0517. The van der Waals surface area contributed by atoms with Crippen molar-refractivity contribution in [3.8, 4) is 0 Å². The molecule has 122 valence electrons. The summed E-state index contributed by atoms with van der Waals surface area (Å²) in [6, 6.07) is 6.20. The summed E-state index contributed by atoms with van der Waals surface area (Å²) in [4.78, 5) is 29.1. The highest BCUT2D eigenvalue weighted by molar-refractivity contribution is 7.98. The zero-order chi connectivity index (χ0) is 16.8. The van der Waals surface area contributed by atoms with Crippen LogP contribution in [0, 0.1) is 17.0 Å². The van der Waals surface area contributed by atoms with Crippen LogP contribution in [0.2, 0.25) is 0 Å². The van der Waals surface area contributed by atoms with Crippen molar-refractivity contribution in [3.63, 3.8) is 0 Å². The third-order valence-electron chi connectivity index (χ3n) is 3.31. The van der Waals surface area contributed by atoms with Gasteiger partial charge in [0.05, 0.1) is 18.1 Å². The summed E-state index contributed by atoms with van der Waals surface area (Å²) in [5, 5.41) is 11.2. The summed E-state index contributed by atoms with van der Waals surface area (Å²) in [5.41, 5.74) is 2.08. The Morgan fingerprint density at radius 1 is 1.35 bits per heavy atom. The zero-order valence-electron chi connectivity index (χ0n) is 12.9. The van der Waals surface area contributed by atoms with E-state index in [0.29, 0.717) is 36.0 Å². The Hall–Kier alpha value is -2.19. The van der Waals surface area contributed by atoms with Crippen LogP contribution in [-0.4, -0.2) is 27.8 Å². The molecular weight excluding hydrogens is 318 g/mol. The van der Waals surface area contributed by atoms with Gasteiger partial charge in [-0.05, 0) is 30.9 Å². The van der Waals surface area contributed by atoms with Crippen LogP contribution >= 0.6 is 11.8 Å². The van der Waals surface area contributed by atoms with Crippen LogP contribution in [0.1, 0.15) is 16.8 Å².